The first kappa shape index (κ1) is 25.8. The van der Waals surface area contributed by atoms with Crippen molar-refractivity contribution in [2.45, 2.75) is 44.6 Å². The summed E-state index contributed by atoms with van der Waals surface area (Å²) >= 11 is 0. The molecule has 0 radical (unpaired) electrons. The fourth-order valence-corrected chi connectivity index (χ4v) is 3.08. The van der Waals surface area contributed by atoms with Crippen LogP contribution in [0.3, 0.4) is 0 Å². The molecule has 0 saturated carbocycles. The number of amides is 1. The minimum Gasteiger partial charge on any atom is -0.501 e. The molecule has 1 aliphatic heterocycles. The molecule has 180 valence electrons. The number of hydrogen-bond acceptors (Lipinski definition) is 6. The molecule has 1 unspecified atom stereocenters. The molecule has 1 aromatic heterocycles. The molecule has 4 N–H and O–H groups in total. The van der Waals surface area contributed by atoms with Crippen molar-refractivity contribution in [2.24, 2.45) is 7.05 Å². The Labute approximate surface area is 185 Å². The Morgan fingerprint density at radius 2 is 1.82 bits per heavy atom. The maximum atomic E-state index is 12.9. The molecule has 1 aliphatic rings. The SMILES string of the molecule is CC1CC[C@@H](c2nc(C(=O)NCc3ccc(F)cc3)c(O)c(=O)n2C)N1.O=C(O)C(F)(F)F. The van der Waals surface area contributed by atoms with Crippen molar-refractivity contribution in [3.8, 4) is 5.75 Å². The lowest BCUT2D eigenvalue weighted by molar-refractivity contribution is -0.192. The topological polar surface area (TPSA) is 134 Å². The highest BCUT2D eigenvalue weighted by atomic mass is 19.4. The van der Waals surface area contributed by atoms with Crippen LogP contribution < -0.4 is 16.2 Å². The molecule has 1 saturated heterocycles. The third-order valence-electron chi connectivity index (χ3n) is 4.81. The van der Waals surface area contributed by atoms with Gasteiger partial charge in [-0.3, -0.25) is 14.2 Å². The molecule has 3 rings (SSSR count). The first-order valence-corrected chi connectivity index (χ1v) is 9.70. The van der Waals surface area contributed by atoms with E-state index < -0.39 is 29.4 Å². The van der Waals surface area contributed by atoms with Crippen LogP contribution >= 0.6 is 0 Å². The molecular formula is C20H22F4N4O5. The van der Waals surface area contributed by atoms with Gasteiger partial charge in [-0.2, -0.15) is 13.2 Å². The fraction of sp³-hybridized carbons (Fsp3) is 0.400. The van der Waals surface area contributed by atoms with Crippen LogP contribution in [0, 0.1) is 5.82 Å². The predicted octanol–water partition coefficient (Wildman–Crippen LogP) is 2.00. The van der Waals surface area contributed by atoms with E-state index in [4.69, 9.17) is 9.90 Å². The summed E-state index contributed by atoms with van der Waals surface area (Å²) in [7, 11) is 1.52. The summed E-state index contributed by atoms with van der Waals surface area (Å²) in [5.41, 5.74) is -0.274. The highest BCUT2D eigenvalue weighted by Crippen LogP contribution is 2.25. The van der Waals surface area contributed by atoms with E-state index in [0.29, 0.717) is 17.4 Å². The third kappa shape index (κ3) is 6.75. The van der Waals surface area contributed by atoms with Gasteiger partial charge in [0.05, 0.1) is 6.04 Å². The van der Waals surface area contributed by atoms with Crippen molar-refractivity contribution >= 4 is 11.9 Å². The maximum Gasteiger partial charge on any atom is 0.490 e. The Balaban J connectivity index is 0.000000479. The number of hydrogen-bond donors (Lipinski definition) is 4. The number of nitrogens with one attached hydrogen (secondary N) is 2. The minimum absolute atomic E-state index is 0.128. The molecule has 1 amide bonds. The van der Waals surface area contributed by atoms with Crippen molar-refractivity contribution in [1.82, 2.24) is 20.2 Å². The number of carboxylic acid groups (broad SMARTS) is 1. The molecule has 2 heterocycles. The van der Waals surface area contributed by atoms with Crippen LogP contribution in [-0.2, 0) is 18.4 Å². The minimum atomic E-state index is -5.08. The van der Waals surface area contributed by atoms with E-state index in [2.05, 4.69) is 15.6 Å². The summed E-state index contributed by atoms with van der Waals surface area (Å²) in [6.45, 7) is 2.17. The van der Waals surface area contributed by atoms with Crippen LogP contribution in [0.1, 0.15) is 47.7 Å². The lowest BCUT2D eigenvalue weighted by atomic mass is 10.2. The number of carboxylic acids is 1. The number of alkyl halides is 3. The molecule has 13 heteroatoms. The number of halogens is 4. The molecule has 2 aromatic rings. The molecule has 33 heavy (non-hydrogen) atoms. The Morgan fingerprint density at radius 3 is 2.30 bits per heavy atom. The quantitative estimate of drug-likeness (QED) is 0.498. The summed E-state index contributed by atoms with van der Waals surface area (Å²) in [6.07, 6.45) is -3.35. The van der Waals surface area contributed by atoms with E-state index in [1.807, 2.05) is 6.92 Å². The number of carbonyl (C=O) groups is 2. The van der Waals surface area contributed by atoms with Crippen molar-refractivity contribution < 1.29 is 37.4 Å². The number of benzene rings is 1. The average Bonchev–Trinajstić information content (AvgIpc) is 3.17. The largest absolute Gasteiger partial charge is 0.501 e. The zero-order chi connectivity index (χ0) is 24.9. The summed E-state index contributed by atoms with van der Waals surface area (Å²) in [5.74, 6) is -4.04. The molecule has 1 aromatic carbocycles. The summed E-state index contributed by atoms with van der Waals surface area (Å²) in [5, 5.41) is 23.1. The molecule has 1 fully saturated rings. The second-order valence-electron chi connectivity index (χ2n) is 7.34. The van der Waals surface area contributed by atoms with E-state index in [-0.39, 0.29) is 24.1 Å². The summed E-state index contributed by atoms with van der Waals surface area (Å²) < 4.78 is 45.9. The van der Waals surface area contributed by atoms with Crippen molar-refractivity contribution in [3.05, 3.63) is 57.5 Å². The number of carbonyl (C=O) groups excluding carboxylic acids is 1. The molecular weight excluding hydrogens is 452 g/mol. The van der Waals surface area contributed by atoms with Crippen LogP contribution in [0.4, 0.5) is 17.6 Å². The van der Waals surface area contributed by atoms with Gasteiger partial charge in [-0.15, -0.1) is 0 Å². The van der Waals surface area contributed by atoms with Crippen LogP contribution in [-0.4, -0.2) is 43.9 Å². The van der Waals surface area contributed by atoms with Crippen LogP contribution in [0.2, 0.25) is 0 Å². The first-order chi connectivity index (χ1) is 15.3. The number of nitrogens with zero attached hydrogens (tertiary/aromatic N) is 2. The fourth-order valence-electron chi connectivity index (χ4n) is 3.08. The summed E-state index contributed by atoms with van der Waals surface area (Å²) in [6, 6.07) is 5.82. The zero-order valence-electron chi connectivity index (χ0n) is 17.6. The van der Waals surface area contributed by atoms with E-state index >= 15 is 0 Å². The maximum absolute atomic E-state index is 12.9. The highest BCUT2D eigenvalue weighted by Gasteiger charge is 2.38. The van der Waals surface area contributed by atoms with Gasteiger partial charge in [0.1, 0.15) is 11.6 Å². The van der Waals surface area contributed by atoms with Crippen LogP contribution in [0.15, 0.2) is 29.1 Å². The van der Waals surface area contributed by atoms with Crippen molar-refractivity contribution in [3.63, 3.8) is 0 Å². The van der Waals surface area contributed by atoms with Gasteiger partial charge in [0, 0.05) is 19.6 Å². The Bertz CT molecular complexity index is 1070. The van der Waals surface area contributed by atoms with Gasteiger partial charge in [0.2, 0.25) is 5.75 Å². The smallest absolute Gasteiger partial charge is 0.490 e. The van der Waals surface area contributed by atoms with Crippen LogP contribution in [0.25, 0.3) is 0 Å². The molecule has 0 spiro atoms. The van der Waals surface area contributed by atoms with Crippen molar-refractivity contribution in [1.29, 1.82) is 0 Å². The third-order valence-corrected chi connectivity index (χ3v) is 4.81. The van der Waals surface area contributed by atoms with E-state index in [1.54, 1.807) is 12.1 Å². The van der Waals surface area contributed by atoms with Crippen LogP contribution in [0.5, 0.6) is 5.75 Å². The van der Waals surface area contributed by atoms with E-state index in [1.165, 1.54) is 23.7 Å². The van der Waals surface area contributed by atoms with Gasteiger partial charge >= 0.3 is 12.1 Å². The Kier molecular flexibility index (Phi) is 8.14. The Morgan fingerprint density at radius 1 is 1.24 bits per heavy atom. The van der Waals surface area contributed by atoms with Crippen molar-refractivity contribution in [2.75, 3.05) is 0 Å². The first-order valence-electron chi connectivity index (χ1n) is 9.70. The lowest BCUT2D eigenvalue weighted by Gasteiger charge is -2.17. The van der Waals surface area contributed by atoms with Gasteiger partial charge in [-0.05, 0) is 37.5 Å². The number of aromatic nitrogens is 2. The summed E-state index contributed by atoms with van der Waals surface area (Å²) in [4.78, 5) is 37.9. The average molecular weight is 474 g/mol. The predicted molar refractivity (Wildman–Crippen MR) is 107 cm³/mol. The second-order valence-corrected chi connectivity index (χ2v) is 7.34. The van der Waals surface area contributed by atoms with Gasteiger partial charge in [-0.25, -0.2) is 14.2 Å². The van der Waals surface area contributed by atoms with Gasteiger partial charge in [0.25, 0.3) is 11.5 Å². The molecule has 0 aliphatic carbocycles. The number of aliphatic carboxylic acids is 1. The lowest BCUT2D eigenvalue weighted by Crippen LogP contribution is -2.33. The van der Waals surface area contributed by atoms with Gasteiger partial charge in [0.15, 0.2) is 5.69 Å². The standard InChI is InChI=1S/C18H21FN4O3.C2HF3O2/c1-10-3-8-13(21-10)16-22-14(15(24)18(26)23(16)2)17(25)20-9-11-4-6-12(19)7-5-11;3-2(4,5)1(6)7/h4-7,10,13,21,24H,3,8-9H2,1-2H3,(H,20,25);(H,6,7)/t10?,13-;/m0./s1. The Hall–Kier alpha value is -3.48. The van der Waals surface area contributed by atoms with Gasteiger partial charge < -0.3 is 20.8 Å². The molecule has 9 nitrogen and oxygen atoms in total. The second kappa shape index (κ2) is 10.4. The number of aromatic hydroxyl groups is 1. The highest BCUT2D eigenvalue weighted by molar-refractivity contribution is 5.94. The number of rotatable bonds is 4. The normalized spacial score (nSPS) is 17.8. The van der Waals surface area contributed by atoms with E-state index in [0.717, 1.165) is 12.8 Å². The molecule has 2 atom stereocenters. The molecule has 0 bridgehead atoms. The van der Waals surface area contributed by atoms with Gasteiger partial charge in [-0.1, -0.05) is 12.1 Å². The zero-order valence-corrected chi connectivity index (χ0v) is 17.6. The monoisotopic (exact) mass is 474 g/mol. The van der Waals surface area contributed by atoms with E-state index in [9.17, 15) is 32.3 Å².